The monoisotopic (exact) mass is 404 g/mol. The molecule has 2 aromatic rings. The standard InChI is InChI=1S/C16H12BrF3O2S/c1-2-22-15(21)13-8-7-12(9-14(13)16(18,19)20)23-11-5-3-10(17)4-6-11/h3-9H,2H2,1H3. The zero-order valence-corrected chi connectivity index (χ0v) is 14.4. The zero-order valence-electron chi connectivity index (χ0n) is 12.0. The number of carbonyl (C=O) groups excluding carboxylic acids is 1. The van der Waals surface area contributed by atoms with E-state index in [0.29, 0.717) is 4.90 Å². The maximum absolute atomic E-state index is 13.2. The summed E-state index contributed by atoms with van der Waals surface area (Å²) in [5.41, 5.74) is -1.46. The number of benzene rings is 2. The molecule has 0 aromatic heterocycles. The van der Waals surface area contributed by atoms with Gasteiger partial charge in [-0.05, 0) is 49.4 Å². The van der Waals surface area contributed by atoms with Crippen molar-refractivity contribution in [2.45, 2.75) is 22.9 Å². The van der Waals surface area contributed by atoms with Crippen LogP contribution in [0.2, 0.25) is 0 Å². The molecule has 7 heteroatoms. The highest BCUT2D eigenvalue weighted by Crippen LogP contribution is 2.37. The smallest absolute Gasteiger partial charge is 0.417 e. The van der Waals surface area contributed by atoms with Gasteiger partial charge in [0, 0.05) is 14.3 Å². The van der Waals surface area contributed by atoms with Crippen LogP contribution in [0, 0.1) is 0 Å². The van der Waals surface area contributed by atoms with Crippen LogP contribution >= 0.6 is 27.7 Å². The first kappa shape index (κ1) is 17.9. The quantitative estimate of drug-likeness (QED) is 0.602. The second-order valence-electron chi connectivity index (χ2n) is 4.48. The normalized spacial score (nSPS) is 11.3. The number of halogens is 4. The Morgan fingerprint density at radius 1 is 1.13 bits per heavy atom. The van der Waals surface area contributed by atoms with Crippen molar-refractivity contribution in [2.24, 2.45) is 0 Å². The summed E-state index contributed by atoms with van der Waals surface area (Å²) in [6, 6.07) is 10.8. The lowest BCUT2D eigenvalue weighted by Crippen LogP contribution is -2.15. The maximum atomic E-state index is 13.2. The van der Waals surface area contributed by atoms with Gasteiger partial charge in [-0.2, -0.15) is 13.2 Å². The molecule has 2 aromatic carbocycles. The van der Waals surface area contributed by atoms with Gasteiger partial charge in [-0.25, -0.2) is 4.79 Å². The Bertz CT molecular complexity index is 699. The molecule has 0 unspecified atom stereocenters. The topological polar surface area (TPSA) is 26.3 Å². The van der Waals surface area contributed by atoms with Crippen molar-refractivity contribution in [2.75, 3.05) is 6.61 Å². The molecule has 0 aliphatic carbocycles. The third kappa shape index (κ3) is 4.75. The van der Waals surface area contributed by atoms with Gasteiger partial charge >= 0.3 is 12.1 Å². The Balaban J connectivity index is 2.36. The van der Waals surface area contributed by atoms with Gasteiger partial charge in [-0.15, -0.1) is 0 Å². The van der Waals surface area contributed by atoms with Crippen LogP contribution in [0.25, 0.3) is 0 Å². The van der Waals surface area contributed by atoms with Gasteiger partial charge < -0.3 is 4.74 Å². The van der Waals surface area contributed by atoms with Crippen LogP contribution in [0.15, 0.2) is 56.7 Å². The van der Waals surface area contributed by atoms with E-state index in [2.05, 4.69) is 20.7 Å². The van der Waals surface area contributed by atoms with Gasteiger partial charge in [0.25, 0.3) is 0 Å². The van der Waals surface area contributed by atoms with Crippen molar-refractivity contribution in [3.05, 3.63) is 58.1 Å². The van der Waals surface area contributed by atoms with Gasteiger partial charge in [0.2, 0.25) is 0 Å². The number of hydrogen-bond acceptors (Lipinski definition) is 3. The molecule has 0 bridgehead atoms. The molecular formula is C16H12BrF3O2S. The lowest BCUT2D eigenvalue weighted by Gasteiger charge is -2.13. The fraction of sp³-hybridized carbons (Fsp3) is 0.188. The van der Waals surface area contributed by atoms with Crippen LogP contribution in [-0.2, 0) is 10.9 Å². The van der Waals surface area contributed by atoms with Crippen molar-refractivity contribution < 1.29 is 22.7 Å². The van der Waals surface area contributed by atoms with Crippen molar-refractivity contribution in [1.82, 2.24) is 0 Å². The number of hydrogen-bond donors (Lipinski definition) is 0. The second kappa shape index (κ2) is 7.40. The summed E-state index contributed by atoms with van der Waals surface area (Å²) in [5, 5.41) is 0. The molecule has 2 nitrogen and oxygen atoms in total. The lowest BCUT2D eigenvalue weighted by atomic mass is 10.1. The second-order valence-corrected chi connectivity index (χ2v) is 6.54. The third-order valence-corrected chi connectivity index (χ3v) is 4.37. The highest BCUT2D eigenvalue weighted by Gasteiger charge is 2.36. The summed E-state index contributed by atoms with van der Waals surface area (Å²) in [6.07, 6.45) is -4.63. The largest absolute Gasteiger partial charge is 0.462 e. The SMILES string of the molecule is CCOC(=O)c1ccc(Sc2ccc(Br)cc2)cc1C(F)(F)F. The van der Waals surface area contributed by atoms with Crippen LogP contribution in [0.1, 0.15) is 22.8 Å². The van der Waals surface area contributed by atoms with E-state index >= 15 is 0 Å². The molecule has 0 radical (unpaired) electrons. The first-order chi connectivity index (χ1) is 10.8. The number of carbonyl (C=O) groups is 1. The van der Waals surface area contributed by atoms with E-state index in [4.69, 9.17) is 0 Å². The van der Waals surface area contributed by atoms with E-state index in [9.17, 15) is 18.0 Å². The highest BCUT2D eigenvalue weighted by molar-refractivity contribution is 9.10. The fourth-order valence-corrected chi connectivity index (χ4v) is 2.97. The highest BCUT2D eigenvalue weighted by atomic mass is 79.9. The van der Waals surface area contributed by atoms with Gasteiger partial charge in [0.05, 0.1) is 17.7 Å². The molecule has 122 valence electrons. The zero-order chi connectivity index (χ0) is 17.0. The maximum Gasteiger partial charge on any atom is 0.417 e. The molecule has 0 aliphatic rings. The van der Waals surface area contributed by atoms with Crippen LogP contribution in [0.3, 0.4) is 0 Å². The molecule has 0 saturated heterocycles. The van der Waals surface area contributed by atoms with E-state index < -0.39 is 23.3 Å². The van der Waals surface area contributed by atoms with Gasteiger partial charge in [0.15, 0.2) is 0 Å². The van der Waals surface area contributed by atoms with Crippen LogP contribution in [0.4, 0.5) is 13.2 Å². The number of rotatable bonds is 4. The molecule has 0 fully saturated rings. The van der Waals surface area contributed by atoms with Crippen molar-refractivity contribution >= 4 is 33.7 Å². The molecule has 0 aliphatic heterocycles. The Labute approximate surface area is 144 Å². The number of esters is 1. The average molecular weight is 405 g/mol. The molecule has 2 rings (SSSR count). The molecule has 0 saturated carbocycles. The Hall–Kier alpha value is -1.47. The summed E-state index contributed by atoms with van der Waals surface area (Å²) in [4.78, 5) is 12.9. The van der Waals surface area contributed by atoms with Crippen LogP contribution < -0.4 is 0 Å². The van der Waals surface area contributed by atoms with Gasteiger partial charge in [-0.1, -0.05) is 27.7 Å². The Morgan fingerprint density at radius 2 is 1.74 bits per heavy atom. The Morgan fingerprint density at radius 3 is 2.30 bits per heavy atom. The average Bonchev–Trinajstić information content (AvgIpc) is 2.49. The van der Waals surface area contributed by atoms with E-state index in [0.717, 1.165) is 21.5 Å². The number of alkyl halides is 3. The van der Waals surface area contributed by atoms with Crippen molar-refractivity contribution in [1.29, 1.82) is 0 Å². The minimum atomic E-state index is -4.63. The minimum absolute atomic E-state index is 0.0194. The van der Waals surface area contributed by atoms with Gasteiger partial charge in [-0.3, -0.25) is 0 Å². The predicted molar refractivity (Wildman–Crippen MR) is 85.7 cm³/mol. The van der Waals surface area contributed by atoms with Crippen LogP contribution in [-0.4, -0.2) is 12.6 Å². The molecule has 0 atom stereocenters. The third-order valence-electron chi connectivity index (χ3n) is 2.84. The first-order valence-corrected chi connectivity index (χ1v) is 8.24. The van der Waals surface area contributed by atoms with Crippen molar-refractivity contribution in [3.8, 4) is 0 Å². The summed E-state index contributed by atoms with van der Waals surface area (Å²) in [7, 11) is 0. The molecule has 0 N–H and O–H groups in total. The Kier molecular flexibility index (Phi) is 5.75. The molecule has 0 amide bonds. The molecule has 0 heterocycles. The summed E-state index contributed by atoms with van der Waals surface area (Å²) < 4.78 is 45.2. The van der Waals surface area contributed by atoms with Crippen molar-refractivity contribution in [3.63, 3.8) is 0 Å². The predicted octanol–water partition coefficient (Wildman–Crippen LogP) is 5.80. The first-order valence-electron chi connectivity index (χ1n) is 6.63. The lowest BCUT2D eigenvalue weighted by molar-refractivity contribution is -0.138. The van der Waals surface area contributed by atoms with E-state index in [1.807, 2.05) is 0 Å². The summed E-state index contributed by atoms with van der Waals surface area (Å²) >= 11 is 4.49. The van der Waals surface area contributed by atoms with E-state index in [-0.39, 0.29) is 6.61 Å². The molecular weight excluding hydrogens is 393 g/mol. The molecule has 0 spiro atoms. The molecule has 23 heavy (non-hydrogen) atoms. The summed E-state index contributed by atoms with van der Waals surface area (Å²) in [5.74, 6) is -0.972. The fourth-order valence-electron chi connectivity index (χ4n) is 1.85. The van der Waals surface area contributed by atoms with E-state index in [1.54, 1.807) is 31.2 Å². The van der Waals surface area contributed by atoms with E-state index in [1.165, 1.54) is 17.8 Å². The number of ether oxygens (including phenoxy) is 1. The van der Waals surface area contributed by atoms with Crippen LogP contribution in [0.5, 0.6) is 0 Å². The minimum Gasteiger partial charge on any atom is -0.462 e. The summed E-state index contributed by atoms with van der Waals surface area (Å²) in [6.45, 7) is 1.56. The van der Waals surface area contributed by atoms with Gasteiger partial charge in [0.1, 0.15) is 0 Å².